The molecule has 0 spiro atoms. The van der Waals surface area contributed by atoms with Gasteiger partial charge in [-0.15, -0.1) is 0 Å². The third kappa shape index (κ3) is 1.81. The van der Waals surface area contributed by atoms with E-state index >= 15 is 0 Å². The van der Waals surface area contributed by atoms with Crippen molar-refractivity contribution >= 4 is 22.9 Å². The third-order valence-electron chi connectivity index (χ3n) is 2.36. The molecular formula is C12H9N3OS. The smallest absolute Gasteiger partial charge is 0.213 e. The minimum atomic E-state index is 0.172. The molecule has 17 heavy (non-hydrogen) atoms. The Balaban J connectivity index is 2.25. The van der Waals surface area contributed by atoms with Crippen LogP contribution < -0.4 is 4.80 Å². The lowest BCUT2D eigenvalue weighted by atomic mass is 10.3. The molecule has 0 atom stereocenters. The lowest BCUT2D eigenvalue weighted by Gasteiger charge is -1.96. The molecule has 1 aromatic carbocycles. The Morgan fingerprint density at radius 3 is 2.82 bits per heavy atom. The number of pyridine rings is 1. The van der Waals surface area contributed by atoms with Crippen molar-refractivity contribution in [3.05, 3.63) is 53.5 Å². The van der Waals surface area contributed by atoms with Gasteiger partial charge in [-0.3, -0.25) is 4.40 Å². The number of fused-ring (bicyclic) bond motifs is 1. The van der Waals surface area contributed by atoms with E-state index in [0.29, 0.717) is 5.69 Å². The minimum absolute atomic E-state index is 0.172. The fourth-order valence-electron chi connectivity index (χ4n) is 1.54. The van der Waals surface area contributed by atoms with Gasteiger partial charge in [0.1, 0.15) is 11.4 Å². The van der Waals surface area contributed by atoms with Crippen LogP contribution >= 0.6 is 11.5 Å². The average molecular weight is 243 g/mol. The first-order valence-electron chi connectivity index (χ1n) is 5.10. The maximum atomic E-state index is 9.66. The molecule has 0 fully saturated rings. The molecular weight excluding hydrogens is 234 g/mol. The van der Waals surface area contributed by atoms with Crippen molar-refractivity contribution in [3.8, 4) is 5.75 Å². The summed E-state index contributed by atoms with van der Waals surface area (Å²) in [4.78, 5) is 5.14. The number of benzene rings is 1. The van der Waals surface area contributed by atoms with E-state index in [1.54, 1.807) is 18.2 Å². The SMILES string of the molecule is Oc1ccccc1N=c1snc2ccccn12. The van der Waals surface area contributed by atoms with Crippen LogP contribution in [0.25, 0.3) is 5.65 Å². The predicted molar refractivity (Wildman–Crippen MR) is 66.4 cm³/mol. The van der Waals surface area contributed by atoms with E-state index in [2.05, 4.69) is 9.37 Å². The second-order valence-corrected chi connectivity index (χ2v) is 4.22. The van der Waals surface area contributed by atoms with E-state index in [4.69, 9.17) is 0 Å². The number of aromatic nitrogens is 2. The molecule has 0 saturated carbocycles. The van der Waals surface area contributed by atoms with Crippen LogP contribution in [-0.4, -0.2) is 13.9 Å². The van der Waals surface area contributed by atoms with Gasteiger partial charge in [0, 0.05) is 17.7 Å². The number of aromatic hydroxyl groups is 1. The van der Waals surface area contributed by atoms with Crippen LogP contribution in [0.4, 0.5) is 5.69 Å². The summed E-state index contributed by atoms with van der Waals surface area (Å²) in [6.07, 6.45) is 1.90. The van der Waals surface area contributed by atoms with Crippen molar-refractivity contribution in [1.29, 1.82) is 0 Å². The summed E-state index contributed by atoms with van der Waals surface area (Å²) in [5.41, 5.74) is 1.40. The fourth-order valence-corrected chi connectivity index (χ4v) is 2.24. The summed E-state index contributed by atoms with van der Waals surface area (Å²) < 4.78 is 6.16. The molecule has 0 saturated heterocycles. The standard InChI is InChI=1S/C12H9N3OS/c16-10-6-2-1-5-9(10)13-12-15-8-4-3-7-11(15)14-17-12/h1-8,16H. The molecule has 0 aliphatic heterocycles. The van der Waals surface area contributed by atoms with Gasteiger partial charge in [-0.2, -0.15) is 4.37 Å². The average Bonchev–Trinajstić information content (AvgIpc) is 2.76. The molecule has 5 heteroatoms. The normalized spacial score (nSPS) is 12.1. The highest BCUT2D eigenvalue weighted by Gasteiger charge is 2.00. The van der Waals surface area contributed by atoms with Crippen molar-refractivity contribution in [2.75, 3.05) is 0 Å². The third-order valence-corrected chi connectivity index (χ3v) is 3.09. The first kappa shape index (κ1) is 10.0. The topological polar surface area (TPSA) is 49.9 Å². The first-order chi connectivity index (χ1) is 8.34. The summed E-state index contributed by atoms with van der Waals surface area (Å²) in [6, 6.07) is 12.8. The molecule has 1 N–H and O–H groups in total. The van der Waals surface area contributed by atoms with Gasteiger partial charge in [-0.25, -0.2) is 4.99 Å². The van der Waals surface area contributed by atoms with E-state index in [0.717, 1.165) is 10.4 Å². The summed E-state index contributed by atoms with van der Waals surface area (Å²) in [7, 11) is 0. The summed E-state index contributed by atoms with van der Waals surface area (Å²) >= 11 is 1.30. The predicted octanol–water partition coefficient (Wildman–Crippen LogP) is 2.33. The van der Waals surface area contributed by atoms with Gasteiger partial charge in [-0.05, 0) is 24.3 Å². The Morgan fingerprint density at radius 2 is 1.94 bits per heavy atom. The monoisotopic (exact) mass is 243 g/mol. The second-order valence-electron chi connectivity index (χ2n) is 3.49. The maximum Gasteiger partial charge on any atom is 0.213 e. The van der Waals surface area contributed by atoms with Crippen LogP contribution in [0.3, 0.4) is 0 Å². The molecule has 2 aromatic heterocycles. The quantitative estimate of drug-likeness (QED) is 0.713. The molecule has 84 valence electrons. The number of rotatable bonds is 1. The van der Waals surface area contributed by atoms with Gasteiger partial charge in [0.15, 0.2) is 5.65 Å². The number of nitrogens with zero attached hydrogens (tertiary/aromatic N) is 3. The molecule has 0 radical (unpaired) electrons. The Bertz CT molecular complexity index is 729. The molecule has 3 aromatic rings. The molecule has 4 nitrogen and oxygen atoms in total. The number of phenols is 1. The van der Waals surface area contributed by atoms with Crippen LogP contribution in [0.2, 0.25) is 0 Å². The second kappa shape index (κ2) is 4.03. The van der Waals surface area contributed by atoms with Crippen LogP contribution in [0, 0.1) is 0 Å². The number of phenolic OH excluding ortho intramolecular Hbond substituents is 1. The van der Waals surface area contributed by atoms with E-state index in [1.807, 2.05) is 34.9 Å². The summed E-state index contributed by atoms with van der Waals surface area (Å²) in [5, 5.41) is 9.66. The Morgan fingerprint density at radius 1 is 1.12 bits per heavy atom. The minimum Gasteiger partial charge on any atom is -0.506 e. The van der Waals surface area contributed by atoms with Crippen LogP contribution in [0.5, 0.6) is 5.75 Å². The van der Waals surface area contributed by atoms with Crippen LogP contribution in [-0.2, 0) is 0 Å². The number of hydrogen-bond donors (Lipinski definition) is 1. The Labute approximate surface area is 101 Å². The van der Waals surface area contributed by atoms with Crippen molar-refractivity contribution < 1.29 is 5.11 Å². The van der Waals surface area contributed by atoms with E-state index in [1.165, 1.54) is 11.5 Å². The van der Waals surface area contributed by atoms with Gasteiger partial charge in [0.2, 0.25) is 4.80 Å². The van der Waals surface area contributed by atoms with Crippen LogP contribution in [0.1, 0.15) is 0 Å². The largest absolute Gasteiger partial charge is 0.506 e. The Hall–Kier alpha value is -2.14. The first-order valence-corrected chi connectivity index (χ1v) is 5.88. The van der Waals surface area contributed by atoms with Crippen molar-refractivity contribution in [3.63, 3.8) is 0 Å². The highest BCUT2D eigenvalue weighted by Crippen LogP contribution is 2.24. The highest BCUT2D eigenvalue weighted by atomic mass is 32.1. The molecule has 0 aliphatic rings. The lowest BCUT2D eigenvalue weighted by molar-refractivity contribution is 0.476. The van der Waals surface area contributed by atoms with E-state index < -0.39 is 0 Å². The zero-order valence-electron chi connectivity index (χ0n) is 8.82. The van der Waals surface area contributed by atoms with Crippen LogP contribution in [0.15, 0.2) is 53.7 Å². The molecule has 0 amide bonds. The van der Waals surface area contributed by atoms with Crippen molar-refractivity contribution in [2.45, 2.75) is 0 Å². The number of para-hydroxylation sites is 2. The van der Waals surface area contributed by atoms with Gasteiger partial charge in [0.05, 0.1) is 0 Å². The van der Waals surface area contributed by atoms with Gasteiger partial charge < -0.3 is 5.11 Å². The van der Waals surface area contributed by atoms with Gasteiger partial charge >= 0.3 is 0 Å². The zero-order valence-corrected chi connectivity index (χ0v) is 9.63. The maximum absolute atomic E-state index is 9.66. The number of hydrogen-bond acceptors (Lipinski definition) is 4. The molecule has 0 unspecified atom stereocenters. The molecule has 2 heterocycles. The fraction of sp³-hybridized carbons (Fsp3) is 0. The molecule has 0 aliphatic carbocycles. The summed E-state index contributed by atoms with van der Waals surface area (Å²) in [5.74, 6) is 0.172. The van der Waals surface area contributed by atoms with Gasteiger partial charge in [0.25, 0.3) is 0 Å². The molecule has 0 bridgehead atoms. The van der Waals surface area contributed by atoms with Gasteiger partial charge in [-0.1, -0.05) is 18.2 Å². The van der Waals surface area contributed by atoms with E-state index in [-0.39, 0.29) is 5.75 Å². The van der Waals surface area contributed by atoms with Crippen molar-refractivity contribution in [2.24, 2.45) is 4.99 Å². The summed E-state index contributed by atoms with van der Waals surface area (Å²) in [6.45, 7) is 0. The molecule has 3 rings (SSSR count). The van der Waals surface area contributed by atoms with Crippen molar-refractivity contribution in [1.82, 2.24) is 8.77 Å². The zero-order chi connectivity index (χ0) is 11.7. The Kier molecular flexibility index (Phi) is 2.38. The highest BCUT2D eigenvalue weighted by molar-refractivity contribution is 7.03. The lowest BCUT2D eigenvalue weighted by Crippen LogP contribution is -2.04. The van der Waals surface area contributed by atoms with E-state index in [9.17, 15) is 5.11 Å².